The van der Waals surface area contributed by atoms with Crippen LogP contribution in [-0.2, 0) is 10.0 Å². The standard InChI is InChI=1S/C12H26N2O2S/c1-3-6-12(7-8-12)11-14-17(15,16)10-5-9-13-4-2/h13-14H,3-11H2,1-2H3. The summed E-state index contributed by atoms with van der Waals surface area (Å²) in [5, 5.41) is 3.13. The number of hydrogen-bond acceptors (Lipinski definition) is 3. The van der Waals surface area contributed by atoms with E-state index in [0.717, 1.165) is 25.9 Å². The van der Waals surface area contributed by atoms with Crippen molar-refractivity contribution in [1.29, 1.82) is 0 Å². The van der Waals surface area contributed by atoms with E-state index < -0.39 is 10.0 Å². The fourth-order valence-electron chi connectivity index (χ4n) is 2.12. The molecule has 1 fully saturated rings. The van der Waals surface area contributed by atoms with E-state index in [0.29, 0.717) is 18.4 Å². The Morgan fingerprint density at radius 1 is 1.24 bits per heavy atom. The Kier molecular flexibility index (Phi) is 5.89. The van der Waals surface area contributed by atoms with Gasteiger partial charge in [0.25, 0.3) is 0 Å². The van der Waals surface area contributed by atoms with Crippen molar-refractivity contribution in [1.82, 2.24) is 10.0 Å². The summed E-state index contributed by atoms with van der Waals surface area (Å²) in [6, 6.07) is 0. The molecular weight excluding hydrogens is 236 g/mol. The van der Waals surface area contributed by atoms with Crippen molar-refractivity contribution in [2.24, 2.45) is 5.41 Å². The average Bonchev–Trinajstić information content (AvgIpc) is 3.03. The first-order chi connectivity index (χ1) is 8.04. The van der Waals surface area contributed by atoms with E-state index in [9.17, 15) is 8.42 Å². The van der Waals surface area contributed by atoms with Gasteiger partial charge in [0, 0.05) is 6.54 Å². The molecule has 1 aliphatic rings. The summed E-state index contributed by atoms with van der Waals surface area (Å²) in [5.41, 5.74) is 0.295. The van der Waals surface area contributed by atoms with E-state index in [1.165, 1.54) is 12.8 Å². The second kappa shape index (κ2) is 6.71. The van der Waals surface area contributed by atoms with Gasteiger partial charge in [0.2, 0.25) is 10.0 Å². The Morgan fingerprint density at radius 2 is 1.94 bits per heavy atom. The number of hydrogen-bond donors (Lipinski definition) is 2. The molecule has 17 heavy (non-hydrogen) atoms. The zero-order valence-electron chi connectivity index (χ0n) is 11.1. The monoisotopic (exact) mass is 262 g/mol. The Hall–Kier alpha value is -0.130. The molecule has 0 radical (unpaired) electrons. The van der Waals surface area contributed by atoms with Gasteiger partial charge in [0.15, 0.2) is 0 Å². The molecule has 0 aromatic carbocycles. The van der Waals surface area contributed by atoms with Crippen molar-refractivity contribution >= 4 is 10.0 Å². The summed E-state index contributed by atoms with van der Waals surface area (Å²) in [6.45, 7) is 6.49. The molecular formula is C12H26N2O2S. The predicted octanol–water partition coefficient (Wildman–Crippen LogP) is 1.49. The zero-order chi connectivity index (χ0) is 12.8. The van der Waals surface area contributed by atoms with Gasteiger partial charge in [-0.05, 0) is 44.2 Å². The van der Waals surface area contributed by atoms with Gasteiger partial charge in [0.05, 0.1) is 5.75 Å². The molecule has 1 rings (SSSR count). The van der Waals surface area contributed by atoms with Gasteiger partial charge in [-0.15, -0.1) is 0 Å². The average molecular weight is 262 g/mol. The second-order valence-electron chi connectivity index (χ2n) is 5.10. The smallest absolute Gasteiger partial charge is 0.211 e. The van der Waals surface area contributed by atoms with Crippen molar-refractivity contribution in [3.8, 4) is 0 Å². The third-order valence-corrected chi connectivity index (χ3v) is 4.83. The Morgan fingerprint density at radius 3 is 2.47 bits per heavy atom. The highest BCUT2D eigenvalue weighted by atomic mass is 32.2. The topological polar surface area (TPSA) is 58.2 Å². The summed E-state index contributed by atoms with van der Waals surface area (Å²) in [7, 11) is -3.06. The van der Waals surface area contributed by atoms with Crippen LogP contribution in [-0.4, -0.2) is 33.8 Å². The highest BCUT2D eigenvalue weighted by Crippen LogP contribution is 2.48. The maximum atomic E-state index is 11.7. The zero-order valence-corrected chi connectivity index (χ0v) is 11.9. The molecule has 102 valence electrons. The van der Waals surface area contributed by atoms with Gasteiger partial charge < -0.3 is 5.32 Å². The molecule has 2 N–H and O–H groups in total. The minimum Gasteiger partial charge on any atom is -0.317 e. The summed E-state index contributed by atoms with van der Waals surface area (Å²) in [6.07, 6.45) is 5.33. The fraction of sp³-hybridized carbons (Fsp3) is 1.00. The maximum absolute atomic E-state index is 11.7. The van der Waals surface area contributed by atoms with Gasteiger partial charge in [0.1, 0.15) is 0 Å². The van der Waals surface area contributed by atoms with Crippen LogP contribution in [0.25, 0.3) is 0 Å². The van der Waals surface area contributed by atoms with Crippen molar-refractivity contribution in [3.05, 3.63) is 0 Å². The minimum absolute atomic E-state index is 0.238. The van der Waals surface area contributed by atoms with Gasteiger partial charge in [-0.3, -0.25) is 0 Å². The molecule has 1 aliphatic carbocycles. The lowest BCUT2D eigenvalue weighted by Gasteiger charge is -2.15. The molecule has 4 nitrogen and oxygen atoms in total. The lowest BCUT2D eigenvalue weighted by Crippen LogP contribution is -2.33. The lowest BCUT2D eigenvalue weighted by atomic mass is 10.0. The minimum atomic E-state index is -3.06. The first-order valence-electron chi connectivity index (χ1n) is 6.72. The first-order valence-corrected chi connectivity index (χ1v) is 8.37. The third-order valence-electron chi connectivity index (χ3n) is 3.42. The van der Waals surface area contributed by atoms with Crippen LogP contribution in [0.1, 0.15) is 46.0 Å². The van der Waals surface area contributed by atoms with Crippen molar-refractivity contribution in [2.75, 3.05) is 25.4 Å². The van der Waals surface area contributed by atoms with Crippen LogP contribution in [0, 0.1) is 5.41 Å². The maximum Gasteiger partial charge on any atom is 0.211 e. The van der Waals surface area contributed by atoms with Gasteiger partial charge >= 0.3 is 0 Å². The van der Waals surface area contributed by atoms with Crippen molar-refractivity contribution in [3.63, 3.8) is 0 Å². The van der Waals surface area contributed by atoms with Crippen LogP contribution in [0.15, 0.2) is 0 Å². The van der Waals surface area contributed by atoms with Crippen molar-refractivity contribution in [2.45, 2.75) is 46.0 Å². The van der Waals surface area contributed by atoms with Crippen LogP contribution in [0.2, 0.25) is 0 Å². The molecule has 0 amide bonds. The first kappa shape index (κ1) is 14.9. The highest BCUT2D eigenvalue weighted by molar-refractivity contribution is 7.89. The van der Waals surface area contributed by atoms with Crippen LogP contribution in [0.4, 0.5) is 0 Å². The Labute approximate surface area is 106 Å². The molecule has 0 aromatic heterocycles. The molecule has 0 saturated heterocycles. The van der Waals surface area contributed by atoms with E-state index >= 15 is 0 Å². The van der Waals surface area contributed by atoms with Crippen LogP contribution >= 0.6 is 0 Å². The molecule has 1 saturated carbocycles. The summed E-state index contributed by atoms with van der Waals surface area (Å²) in [5.74, 6) is 0.238. The second-order valence-corrected chi connectivity index (χ2v) is 7.02. The van der Waals surface area contributed by atoms with E-state index in [2.05, 4.69) is 17.0 Å². The Balaban J connectivity index is 2.20. The van der Waals surface area contributed by atoms with Crippen molar-refractivity contribution < 1.29 is 8.42 Å². The summed E-state index contributed by atoms with van der Waals surface area (Å²) >= 11 is 0. The normalized spacial score (nSPS) is 18.2. The van der Waals surface area contributed by atoms with E-state index in [-0.39, 0.29) is 5.75 Å². The largest absolute Gasteiger partial charge is 0.317 e. The SMILES string of the molecule is CCCC1(CNS(=O)(=O)CCCNCC)CC1. The molecule has 0 spiro atoms. The lowest BCUT2D eigenvalue weighted by molar-refractivity contribution is 0.449. The third kappa shape index (κ3) is 5.84. The van der Waals surface area contributed by atoms with Crippen LogP contribution in [0.3, 0.4) is 0 Å². The highest BCUT2D eigenvalue weighted by Gasteiger charge is 2.41. The Bertz CT molecular complexity index is 310. The quantitative estimate of drug-likeness (QED) is 0.586. The van der Waals surface area contributed by atoms with E-state index in [4.69, 9.17) is 0 Å². The number of sulfonamides is 1. The number of rotatable bonds is 10. The van der Waals surface area contributed by atoms with Gasteiger partial charge in [-0.25, -0.2) is 13.1 Å². The van der Waals surface area contributed by atoms with Crippen LogP contribution in [0.5, 0.6) is 0 Å². The van der Waals surface area contributed by atoms with Gasteiger partial charge in [-0.1, -0.05) is 20.3 Å². The van der Waals surface area contributed by atoms with Gasteiger partial charge in [-0.2, -0.15) is 0 Å². The van der Waals surface area contributed by atoms with E-state index in [1.807, 2.05) is 6.92 Å². The molecule has 0 heterocycles. The summed E-state index contributed by atoms with van der Waals surface area (Å²) < 4.78 is 26.2. The molecule has 0 bridgehead atoms. The molecule has 0 atom stereocenters. The van der Waals surface area contributed by atoms with Crippen LogP contribution < -0.4 is 10.0 Å². The molecule has 0 aliphatic heterocycles. The fourth-order valence-corrected chi connectivity index (χ4v) is 3.32. The molecule has 0 unspecified atom stereocenters. The number of nitrogens with one attached hydrogen (secondary N) is 2. The van der Waals surface area contributed by atoms with E-state index in [1.54, 1.807) is 0 Å². The molecule has 0 aromatic rings. The summed E-state index contributed by atoms with van der Waals surface area (Å²) in [4.78, 5) is 0. The predicted molar refractivity (Wildman–Crippen MR) is 71.5 cm³/mol. The molecule has 5 heteroatoms.